The van der Waals surface area contributed by atoms with Crippen molar-refractivity contribution in [3.63, 3.8) is 0 Å². The van der Waals surface area contributed by atoms with Crippen LogP contribution in [0.2, 0.25) is 0 Å². The molecule has 5 heteroatoms. The lowest BCUT2D eigenvalue weighted by atomic mass is 10.2. The third kappa shape index (κ3) is 2.79. The zero-order valence-corrected chi connectivity index (χ0v) is 9.24. The van der Waals surface area contributed by atoms with Crippen LogP contribution in [0.5, 0.6) is 0 Å². The summed E-state index contributed by atoms with van der Waals surface area (Å²) in [5.74, 6) is -0.988. The predicted octanol–water partition coefficient (Wildman–Crippen LogP) is 1.74. The van der Waals surface area contributed by atoms with E-state index in [-0.39, 0.29) is 0 Å². The Hall–Kier alpha value is -1.36. The van der Waals surface area contributed by atoms with E-state index in [2.05, 4.69) is 0 Å². The van der Waals surface area contributed by atoms with Crippen molar-refractivity contribution in [2.45, 2.75) is 19.4 Å². The number of nitrogens with zero attached hydrogens (tertiary/aromatic N) is 1. The highest BCUT2D eigenvalue weighted by atomic mass is 32.1. The number of hydrogen-bond acceptors (Lipinski definition) is 3. The second-order valence-corrected chi connectivity index (χ2v) is 4.08. The van der Waals surface area contributed by atoms with Crippen molar-refractivity contribution < 1.29 is 14.7 Å². The first kappa shape index (κ1) is 11.7. The van der Waals surface area contributed by atoms with E-state index in [0.29, 0.717) is 17.8 Å². The molecule has 0 aromatic carbocycles. The van der Waals surface area contributed by atoms with Gasteiger partial charge in [-0.15, -0.1) is 11.3 Å². The molecule has 15 heavy (non-hydrogen) atoms. The zero-order valence-electron chi connectivity index (χ0n) is 8.42. The van der Waals surface area contributed by atoms with Crippen molar-refractivity contribution in [2.75, 3.05) is 6.54 Å². The summed E-state index contributed by atoms with van der Waals surface area (Å²) in [6.45, 7) is 2.36. The normalized spacial score (nSPS) is 12.1. The van der Waals surface area contributed by atoms with Crippen LogP contribution >= 0.6 is 11.3 Å². The fourth-order valence-corrected chi connectivity index (χ4v) is 2.21. The van der Waals surface area contributed by atoms with Gasteiger partial charge in [-0.3, -0.25) is 4.79 Å². The van der Waals surface area contributed by atoms with Crippen LogP contribution in [-0.2, 0) is 9.59 Å². The van der Waals surface area contributed by atoms with Crippen LogP contribution < -0.4 is 0 Å². The lowest BCUT2D eigenvalue weighted by molar-refractivity contribution is -0.146. The molecule has 1 N–H and O–H groups in total. The molecule has 82 valence electrons. The summed E-state index contributed by atoms with van der Waals surface area (Å²) in [5, 5.41) is 10.9. The first-order valence-electron chi connectivity index (χ1n) is 4.68. The third-order valence-corrected chi connectivity index (χ3v) is 2.92. The molecule has 0 radical (unpaired) electrons. The van der Waals surface area contributed by atoms with Crippen molar-refractivity contribution in [1.82, 2.24) is 4.90 Å². The molecule has 1 rings (SSSR count). The maximum Gasteiger partial charge on any atom is 0.331 e. The van der Waals surface area contributed by atoms with E-state index >= 15 is 0 Å². The fourth-order valence-electron chi connectivity index (χ4n) is 1.37. The molecule has 1 aromatic rings. The highest BCUT2D eigenvalue weighted by Gasteiger charge is 2.26. The molecule has 4 nitrogen and oxygen atoms in total. The van der Waals surface area contributed by atoms with Crippen LogP contribution in [0.1, 0.15) is 24.3 Å². The largest absolute Gasteiger partial charge is 0.479 e. The van der Waals surface area contributed by atoms with Gasteiger partial charge >= 0.3 is 5.97 Å². The number of rotatable bonds is 6. The van der Waals surface area contributed by atoms with Crippen LogP contribution in [0.25, 0.3) is 0 Å². The average Bonchev–Trinajstić information content (AvgIpc) is 2.69. The van der Waals surface area contributed by atoms with Gasteiger partial charge < -0.3 is 10.0 Å². The SMILES string of the molecule is CCCN(C=O)C(C(=O)O)c1cccs1. The van der Waals surface area contributed by atoms with Gasteiger partial charge in [0.2, 0.25) is 6.41 Å². The Labute approximate surface area is 92.1 Å². The Kier molecular flexibility index (Phi) is 4.30. The first-order valence-corrected chi connectivity index (χ1v) is 5.56. The lowest BCUT2D eigenvalue weighted by Crippen LogP contribution is -2.33. The number of carbonyl (C=O) groups excluding carboxylic acids is 1. The number of hydrogen-bond donors (Lipinski definition) is 1. The highest BCUT2D eigenvalue weighted by molar-refractivity contribution is 7.10. The van der Waals surface area contributed by atoms with Crippen molar-refractivity contribution in [2.24, 2.45) is 0 Å². The molecule has 1 aromatic heterocycles. The molecule has 1 amide bonds. The van der Waals surface area contributed by atoms with E-state index in [1.165, 1.54) is 16.2 Å². The van der Waals surface area contributed by atoms with Gasteiger partial charge in [0.15, 0.2) is 6.04 Å². The van der Waals surface area contributed by atoms with Gasteiger partial charge in [0.25, 0.3) is 0 Å². The van der Waals surface area contributed by atoms with Gasteiger partial charge in [-0.05, 0) is 17.9 Å². The summed E-state index contributed by atoms with van der Waals surface area (Å²) in [4.78, 5) is 23.9. The van der Waals surface area contributed by atoms with Crippen LogP contribution in [0.15, 0.2) is 17.5 Å². The maximum absolute atomic E-state index is 11.1. The Morgan fingerprint density at radius 1 is 1.73 bits per heavy atom. The molecule has 0 saturated heterocycles. The van der Waals surface area contributed by atoms with Gasteiger partial charge in [0.05, 0.1) is 0 Å². The van der Waals surface area contributed by atoms with Crippen LogP contribution in [0.3, 0.4) is 0 Å². The second-order valence-electron chi connectivity index (χ2n) is 3.10. The molecule has 1 heterocycles. The second kappa shape index (κ2) is 5.50. The Bertz CT molecular complexity index is 323. The number of carboxylic acids is 1. The predicted molar refractivity (Wildman–Crippen MR) is 57.8 cm³/mol. The summed E-state index contributed by atoms with van der Waals surface area (Å²) in [7, 11) is 0. The molecule has 0 aliphatic heterocycles. The van der Waals surface area contributed by atoms with E-state index in [9.17, 15) is 9.59 Å². The van der Waals surface area contributed by atoms with E-state index < -0.39 is 12.0 Å². The molecule has 1 unspecified atom stereocenters. The molecule has 0 saturated carbocycles. The Morgan fingerprint density at radius 2 is 2.47 bits per heavy atom. The van der Waals surface area contributed by atoms with E-state index in [4.69, 9.17) is 5.11 Å². The minimum absolute atomic E-state index is 0.457. The minimum atomic E-state index is -0.988. The molecule has 0 aliphatic carbocycles. The van der Waals surface area contributed by atoms with Gasteiger partial charge in [0.1, 0.15) is 0 Å². The summed E-state index contributed by atoms with van der Waals surface area (Å²) in [6, 6.07) is 2.67. The van der Waals surface area contributed by atoms with Gasteiger partial charge in [0, 0.05) is 11.4 Å². The van der Waals surface area contributed by atoms with E-state index in [0.717, 1.165) is 6.42 Å². The number of carboxylic acid groups (broad SMARTS) is 1. The smallest absolute Gasteiger partial charge is 0.331 e. The van der Waals surface area contributed by atoms with Crippen molar-refractivity contribution in [3.05, 3.63) is 22.4 Å². The molecule has 0 bridgehead atoms. The van der Waals surface area contributed by atoms with Crippen molar-refractivity contribution >= 4 is 23.7 Å². The van der Waals surface area contributed by atoms with E-state index in [1.807, 2.05) is 6.92 Å². The van der Waals surface area contributed by atoms with Crippen molar-refractivity contribution in [3.8, 4) is 0 Å². The topological polar surface area (TPSA) is 57.6 Å². The standard InChI is InChI=1S/C10H13NO3S/c1-2-5-11(7-12)9(10(13)14)8-4-3-6-15-8/h3-4,6-7,9H,2,5H2,1H3,(H,13,14). The molecular formula is C10H13NO3S. The summed E-state index contributed by atoms with van der Waals surface area (Å²) in [5.41, 5.74) is 0. The number of aliphatic carboxylic acids is 1. The minimum Gasteiger partial charge on any atom is -0.479 e. The van der Waals surface area contributed by atoms with Gasteiger partial charge in [-0.1, -0.05) is 13.0 Å². The molecule has 0 fully saturated rings. The molecule has 0 spiro atoms. The Morgan fingerprint density at radius 3 is 2.87 bits per heavy atom. The Balaban J connectivity index is 2.91. The van der Waals surface area contributed by atoms with Crippen molar-refractivity contribution in [1.29, 1.82) is 0 Å². The number of carbonyl (C=O) groups is 2. The van der Waals surface area contributed by atoms with Gasteiger partial charge in [-0.2, -0.15) is 0 Å². The fraction of sp³-hybridized carbons (Fsp3) is 0.400. The highest BCUT2D eigenvalue weighted by Crippen LogP contribution is 2.24. The van der Waals surface area contributed by atoms with Crippen LogP contribution in [0.4, 0.5) is 0 Å². The monoisotopic (exact) mass is 227 g/mol. The summed E-state index contributed by atoms with van der Waals surface area (Å²) < 4.78 is 0. The van der Waals surface area contributed by atoms with Gasteiger partial charge in [-0.25, -0.2) is 4.79 Å². The zero-order chi connectivity index (χ0) is 11.3. The molecule has 0 aliphatic rings. The quantitative estimate of drug-likeness (QED) is 0.753. The summed E-state index contributed by atoms with van der Waals surface area (Å²) >= 11 is 1.35. The summed E-state index contributed by atoms with van der Waals surface area (Å²) in [6.07, 6.45) is 1.34. The lowest BCUT2D eigenvalue weighted by Gasteiger charge is -2.23. The van der Waals surface area contributed by atoms with E-state index in [1.54, 1.807) is 17.5 Å². The average molecular weight is 227 g/mol. The number of amides is 1. The molecular weight excluding hydrogens is 214 g/mol. The molecule has 1 atom stereocenters. The van der Waals surface area contributed by atoms with Crippen LogP contribution in [0, 0.1) is 0 Å². The first-order chi connectivity index (χ1) is 7.20. The third-order valence-electron chi connectivity index (χ3n) is 2.00. The van der Waals surface area contributed by atoms with Crippen LogP contribution in [-0.4, -0.2) is 28.9 Å². The number of thiophene rings is 1. The maximum atomic E-state index is 11.1.